The molecule has 2 heterocycles. The first kappa shape index (κ1) is 29.4. The summed E-state index contributed by atoms with van der Waals surface area (Å²) in [5.74, 6) is 1.00. The van der Waals surface area contributed by atoms with Crippen molar-refractivity contribution < 1.29 is 23.9 Å². The Kier molecular flexibility index (Phi) is 8.49. The summed E-state index contributed by atoms with van der Waals surface area (Å²) in [7, 11) is 5.20. The largest absolute Gasteiger partial charge is 0.497 e. The number of aryl methyl sites for hydroxylation is 1. The van der Waals surface area contributed by atoms with Crippen LogP contribution in [0.2, 0.25) is 0 Å². The Morgan fingerprint density at radius 1 is 1.02 bits per heavy atom. The molecule has 0 bridgehead atoms. The fraction of sp³-hybridized carbons (Fsp3) is 0.242. The first-order chi connectivity index (χ1) is 20.7. The molecule has 222 valence electrons. The monoisotopic (exact) mass is 581 g/mol. The highest BCUT2D eigenvalue weighted by Gasteiger charge is 2.29. The number of urea groups is 1. The predicted octanol–water partition coefficient (Wildman–Crippen LogP) is 5.53. The number of nitrogens with zero attached hydrogens (tertiary/aromatic N) is 2. The Bertz CT molecular complexity index is 1740. The maximum atomic E-state index is 13.4. The lowest BCUT2D eigenvalue weighted by Gasteiger charge is -2.17. The maximum Gasteiger partial charge on any atom is 0.323 e. The average molecular weight is 582 g/mol. The van der Waals surface area contributed by atoms with Crippen LogP contribution in [-0.2, 0) is 6.54 Å². The number of ketones is 1. The number of allylic oxidation sites excluding steroid dienone is 1. The van der Waals surface area contributed by atoms with Gasteiger partial charge in [-0.05, 0) is 87.6 Å². The van der Waals surface area contributed by atoms with E-state index in [2.05, 4.69) is 27.4 Å². The molecular formula is C33H35N5O5. The number of anilines is 2. The van der Waals surface area contributed by atoms with E-state index in [0.717, 1.165) is 34.5 Å². The Balaban J connectivity index is 1.29. The second kappa shape index (κ2) is 12.4. The van der Waals surface area contributed by atoms with Gasteiger partial charge in [0.1, 0.15) is 11.5 Å². The van der Waals surface area contributed by atoms with Crippen molar-refractivity contribution in [1.29, 1.82) is 0 Å². The molecular weight excluding hydrogens is 546 g/mol. The van der Waals surface area contributed by atoms with Gasteiger partial charge in [-0.2, -0.15) is 0 Å². The number of methoxy groups -OCH3 is 1. The van der Waals surface area contributed by atoms with Gasteiger partial charge in [0.25, 0.3) is 5.91 Å². The number of Topliss-reactive ketones (excluding diaryl/α,β-unsaturated/α-hetero) is 1. The predicted molar refractivity (Wildman–Crippen MR) is 168 cm³/mol. The highest BCUT2D eigenvalue weighted by Crippen LogP contribution is 2.36. The van der Waals surface area contributed by atoms with Gasteiger partial charge in [0.05, 0.1) is 12.7 Å². The molecule has 10 nitrogen and oxygen atoms in total. The third-order valence-electron chi connectivity index (χ3n) is 7.53. The molecule has 0 unspecified atom stereocenters. The topological polar surface area (TPSA) is 114 Å². The van der Waals surface area contributed by atoms with Gasteiger partial charge in [0, 0.05) is 65.8 Å². The van der Waals surface area contributed by atoms with Crippen molar-refractivity contribution in [3.8, 4) is 11.5 Å². The number of rotatable bonds is 9. The molecule has 1 aromatic heterocycles. The van der Waals surface area contributed by atoms with Crippen LogP contribution in [0.15, 0.2) is 66.4 Å². The summed E-state index contributed by atoms with van der Waals surface area (Å²) in [4.78, 5) is 40.3. The minimum atomic E-state index is -0.482. The fourth-order valence-electron chi connectivity index (χ4n) is 5.19. The normalized spacial score (nSPS) is 13.1. The van der Waals surface area contributed by atoms with Crippen LogP contribution in [0.1, 0.15) is 38.9 Å². The van der Waals surface area contributed by atoms with Crippen LogP contribution >= 0.6 is 0 Å². The molecule has 5 rings (SSSR count). The lowest BCUT2D eigenvalue weighted by atomic mass is 10.1. The summed E-state index contributed by atoms with van der Waals surface area (Å²) in [6, 6.07) is 17.0. The second-order valence-electron chi connectivity index (χ2n) is 10.3. The third-order valence-corrected chi connectivity index (χ3v) is 7.53. The van der Waals surface area contributed by atoms with Crippen molar-refractivity contribution in [2.24, 2.45) is 0 Å². The molecule has 0 fully saturated rings. The van der Waals surface area contributed by atoms with Crippen molar-refractivity contribution in [2.75, 3.05) is 44.9 Å². The minimum absolute atomic E-state index is 0.101. The van der Waals surface area contributed by atoms with Crippen molar-refractivity contribution in [2.45, 2.75) is 20.4 Å². The standard InChI is InChI=1S/C33H35N5O5/c1-6-38-20(2)25(26-18-24(42-5)12-13-28(26)38)19-30-31(39)27-17-23(11-14-29(27)43-30)36-33(41)35-22-9-7-21(8-10-22)32(40)37(4)16-15-34-3/h7-14,17-19,34H,6,15-16H2,1-5H3,(H2,35,36,41). The first-order valence-electron chi connectivity index (χ1n) is 14.1. The number of ether oxygens (including phenoxy) is 2. The van der Waals surface area contributed by atoms with E-state index in [9.17, 15) is 14.4 Å². The fourth-order valence-corrected chi connectivity index (χ4v) is 5.19. The number of fused-ring (bicyclic) bond motifs is 2. The first-order valence-corrected chi connectivity index (χ1v) is 14.1. The van der Waals surface area contributed by atoms with E-state index in [1.54, 1.807) is 67.6 Å². The quantitative estimate of drug-likeness (QED) is 0.224. The van der Waals surface area contributed by atoms with Crippen LogP contribution in [0, 0.1) is 6.92 Å². The molecule has 4 aromatic rings. The van der Waals surface area contributed by atoms with Crippen molar-refractivity contribution in [1.82, 2.24) is 14.8 Å². The molecule has 43 heavy (non-hydrogen) atoms. The van der Waals surface area contributed by atoms with Crippen LogP contribution < -0.4 is 25.4 Å². The lowest BCUT2D eigenvalue weighted by Crippen LogP contribution is -2.32. The number of hydrogen-bond donors (Lipinski definition) is 3. The maximum absolute atomic E-state index is 13.4. The summed E-state index contributed by atoms with van der Waals surface area (Å²) >= 11 is 0. The summed E-state index contributed by atoms with van der Waals surface area (Å²) in [5, 5.41) is 9.50. The molecule has 0 spiro atoms. The number of amides is 3. The number of likely N-dealkylation sites (N-methyl/N-ethyl adjacent to an activating group) is 2. The molecule has 1 aliphatic heterocycles. The van der Waals surface area contributed by atoms with Gasteiger partial charge < -0.3 is 34.9 Å². The Hall–Kier alpha value is -5.09. The van der Waals surface area contributed by atoms with Gasteiger partial charge in [-0.1, -0.05) is 0 Å². The molecule has 0 atom stereocenters. The van der Waals surface area contributed by atoms with Crippen LogP contribution in [0.5, 0.6) is 11.5 Å². The Morgan fingerprint density at radius 2 is 1.74 bits per heavy atom. The van der Waals surface area contributed by atoms with Gasteiger partial charge in [-0.15, -0.1) is 0 Å². The van der Waals surface area contributed by atoms with E-state index >= 15 is 0 Å². The molecule has 3 N–H and O–H groups in total. The van der Waals surface area contributed by atoms with Crippen LogP contribution in [0.3, 0.4) is 0 Å². The van der Waals surface area contributed by atoms with Gasteiger partial charge in [0.15, 0.2) is 5.76 Å². The highest BCUT2D eigenvalue weighted by molar-refractivity contribution is 6.16. The molecule has 3 aromatic carbocycles. The van der Waals surface area contributed by atoms with Crippen LogP contribution in [-0.4, -0.2) is 61.5 Å². The van der Waals surface area contributed by atoms with E-state index in [-0.39, 0.29) is 17.4 Å². The molecule has 0 saturated heterocycles. The van der Waals surface area contributed by atoms with Crippen molar-refractivity contribution in [3.63, 3.8) is 0 Å². The van der Waals surface area contributed by atoms with Crippen molar-refractivity contribution in [3.05, 3.63) is 88.8 Å². The summed E-state index contributed by atoms with van der Waals surface area (Å²) in [6.07, 6.45) is 1.78. The van der Waals surface area contributed by atoms with E-state index in [1.165, 1.54) is 0 Å². The van der Waals surface area contributed by atoms with Crippen LogP contribution in [0.4, 0.5) is 16.2 Å². The number of hydrogen-bond acceptors (Lipinski definition) is 6. The third kappa shape index (κ3) is 5.96. The Morgan fingerprint density at radius 3 is 2.44 bits per heavy atom. The highest BCUT2D eigenvalue weighted by atomic mass is 16.5. The lowest BCUT2D eigenvalue weighted by molar-refractivity contribution is 0.0796. The van der Waals surface area contributed by atoms with Gasteiger partial charge in [-0.25, -0.2) is 4.79 Å². The van der Waals surface area contributed by atoms with Gasteiger partial charge in [-0.3, -0.25) is 9.59 Å². The second-order valence-corrected chi connectivity index (χ2v) is 10.3. The smallest absolute Gasteiger partial charge is 0.323 e. The van der Waals surface area contributed by atoms with E-state index in [4.69, 9.17) is 9.47 Å². The van der Waals surface area contributed by atoms with E-state index < -0.39 is 6.03 Å². The summed E-state index contributed by atoms with van der Waals surface area (Å²) < 4.78 is 13.6. The number of benzene rings is 3. The SMILES string of the molecule is CCn1c(C)c(C=C2Oc3ccc(NC(=O)Nc4ccc(C(=O)N(C)CCNC)cc4)cc3C2=O)c2cc(OC)ccc21. The van der Waals surface area contributed by atoms with Crippen molar-refractivity contribution >= 4 is 46.1 Å². The number of carbonyl (C=O) groups excluding carboxylic acids is 3. The number of nitrogens with one attached hydrogen (secondary N) is 3. The zero-order chi connectivity index (χ0) is 30.7. The number of carbonyl (C=O) groups is 3. The molecule has 0 saturated carbocycles. The van der Waals surface area contributed by atoms with E-state index in [0.29, 0.717) is 41.3 Å². The van der Waals surface area contributed by atoms with Gasteiger partial charge >= 0.3 is 6.03 Å². The molecule has 10 heteroatoms. The Labute approximate surface area is 250 Å². The average Bonchev–Trinajstić information content (AvgIpc) is 3.47. The molecule has 3 amide bonds. The summed E-state index contributed by atoms with van der Waals surface area (Å²) in [5.41, 5.74) is 4.81. The molecule has 0 radical (unpaired) electrons. The van der Waals surface area contributed by atoms with E-state index in [1.807, 2.05) is 32.2 Å². The zero-order valence-electron chi connectivity index (χ0n) is 24.9. The summed E-state index contributed by atoms with van der Waals surface area (Å²) in [6.45, 7) is 6.15. The minimum Gasteiger partial charge on any atom is -0.497 e. The molecule has 0 aliphatic carbocycles. The van der Waals surface area contributed by atoms with Crippen LogP contribution in [0.25, 0.3) is 17.0 Å². The molecule has 1 aliphatic rings. The number of aromatic nitrogens is 1. The van der Waals surface area contributed by atoms with Gasteiger partial charge in [0.2, 0.25) is 5.78 Å². The zero-order valence-corrected chi connectivity index (χ0v) is 24.9.